The minimum absolute atomic E-state index is 0.0308. The molecular weight excluding hydrogens is 274 g/mol. The number of carbonyl (C=O) groups excluding carboxylic acids is 2. The molecule has 0 spiro atoms. The van der Waals surface area contributed by atoms with E-state index < -0.39 is 18.0 Å². The number of carbonyl (C=O) groups is 3. The molecule has 1 aliphatic heterocycles. The molecule has 7 heteroatoms. The highest BCUT2D eigenvalue weighted by atomic mass is 16.4. The van der Waals surface area contributed by atoms with Gasteiger partial charge in [0, 0.05) is 13.6 Å². The lowest BCUT2D eigenvalue weighted by Crippen LogP contribution is -2.53. The van der Waals surface area contributed by atoms with Crippen LogP contribution in [0.1, 0.15) is 23.2 Å². The second-order valence-electron chi connectivity index (χ2n) is 4.82. The van der Waals surface area contributed by atoms with Crippen molar-refractivity contribution in [2.75, 3.05) is 18.5 Å². The van der Waals surface area contributed by atoms with E-state index in [-0.39, 0.29) is 17.2 Å². The minimum Gasteiger partial charge on any atom is -0.478 e. The average molecular weight is 291 g/mol. The van der Waals surface area contributed by atoms with Gasteiger partial charge in [-0.25, -0.2) is 9.59 Å². The molecule has 1 heterocycles. The number of benzene rings is 1. The van der Waals surface area contributed by atoms with Crippen LogP contribution in [-0.4, -0.2) is 42.6 Å². The molecule has 112 valence electrons. The highest BCUT2D eigenvalue weighted by molar-refractivity contribution is 6.02. The number of anilines is 1. The summed E-state index contributed by atoms with van der Waals surface area (Å²) in [7, 11) is 1.47. The van der Waals surface area contributed by atoms with Crippen LogP contribution in [0.15, 0.2) is 24.3 Å². The van der Waals surface area contributed by atoms with Gasteiger partial charge >= 0.3 is 12.0 Å². The maximum atomic E-state index is 12.2. The minimum atomic E-state index is -1.11. The summed E-state index contributed by atoms with van der Waals surface area (Å²) < 4.78 is 0. The number of rotatable bonds is 3. The number of aromatic carboxylic acids is 1. The first-order valence-corrected chi connectivity index (χ1v) is 6.65. The van der Waals surface area contributed by atoms with Crippen molar-refractivity contribution >= 4 is 23.6 Å². The first-order valence-electron chi connectivity index (χ1n) is 6.65. The van der Waals surface area contributed by atoms with E-state index in [0.717, 1.165) is 6.42 Å². The highest BCUT2D eigenvalue weighted by Crippen LogP contribution is 2.19. The molecule has 2 rings (SSSR count). The zero-order valence-electron chi connectivity index (χ0n) is 11.6. The summed E-state index contributed by atoms with van der Waals surface area (Å²) in [5.41, 5.74) is 0.307. The number of amides is 3. The van der Waals surface area contributed by atoms with E-state index >= 15 is 0 Å². The standard InChI is InChI=1S/C14H17N3O4/c1-17(11-7-3-2-5-9(11)13(19)20)14(21)16-10-6-4-8-15-12(10)18/h2-3,5,7,10H,4,6,8H2,1H3,(H,15,18)(H,16,21)(H,19,20). The molecule has 0 radical (unpaired) electrons. The fourth-order valence-electron chi connectivity index (χ4n) is 2.21. The smallest absolute Gasteiger partial charge is 0.337 e. The number of carboxylic acids is 1. The predicted molar refractivity (Wildman–Crippen MR) is 76.4 cm³/mol. The zero-order chi connectivity index (χ0) is 15.4. The third-order valence-corrected chi connectivity index (χ3v) is 3.38. The number of nitrogens with zero attached hydrogens (tertiary/aromatic N) is 1. The Morgan fingerprint density at radius 3 is 2.76 bits per heavy atom. The van der Waals surface area contributed by atoms with E-state index in [0.29, 0.717) is 13.0 Å². The number of nitrogens with one attached hydrogen (secondary N) is 2. The molecule has 1 atom stereocenters. The summed E-state index contributed by atoms with van der Waals surface area (Å²) in [6, 6.07) is 5.13. The van der Waals surface area contributed by atoms with E-state index in [1.807, 2.05) is 0 Å². The molecule has 0 aromatic heterocycles. The van der Waals surface area contributed by atoms with Gasteiger partial charge in [-0.05, 0) is 25.0 Å². The van der Waals surface area contributed by atoms with Gasteiger partial charge in [0.1, 0.15) is 6.04 Å². The van der Waals surface area contributed by atoms with Gasteiger partial charge in [0.25, 0.3) is 0 Å². The van der Waals surface area contributed by atoms with Gasteiger partial charge in [-0.1, -0.05) is 12.1 Å². The number of hydrogen-bond acceptors (Lipinski definition) is 3. The van der Waals surface area contributed by atoms with Crippen molar-refractivity contribution in [3.8, 4) is 0 Å². The van der Waals surface area contributed by atoms with Crippen LogP contribution in [0, 0.1) is 0 Å². The topological polar surface area (TPSA) is 98.7 Å². The fraction of sp³-hybridized carbons (Fsp3) is 0.357. The number of piperidine rings is 1. The lowest BCUT2D eigenvalue weighted by molar-refractivity contribution is -0.124. The second-order valence-corrected chi connectivity index (χ2v) is 4.82. The van der Waals surface area contributed by atoms with Gasteiger partial charge in [-0.15, -0.1) is 0 Å². The average Bonchev–Trinajstić information content (AvgIpc) is 2.48. The molecule has 1 fully saturated rings. The molecule has 1 saturated heterocycles. The van der Waals surface area contributed by atoms with Gasteiger partial charge in [0.15, 0.2) is 0 Å². The maximum absolute atomic E-state index is 12.2. The van der Waals surface area contributed by atoms with Crippen molar-refractivity contribution < 1.29 is 19.5 Å². The Kier molecular flexibility index (Phi) is 4.42. The van der Waals surface area contributed by atoms with Crippen LogP contribution in [0.4, 0.5) is 10.5 Å². The van der Waals surface area contributed by atoms with Gasteiger partial charge in [-0.2, -0.15) is 0 Å². The maximum Gasteiger partial charge on any atom is 0.337 e. The molecule has 0 aliphatic carbocycles. The van der Waals surface area contributed by atoms with E-state index in [4.69, 9.17) is 5.11 Å². The molecule has 0 bridgehead atoms. The van der Waals surface area contributed by atoms with Crippen molar-refractivity contribution in [1.82, 2.24) is 10.6 Å². The summed E-state index contributed by atoms with van der Waals surface area (Å²) in [5, 5.41) is 14.4. The predicted octanol–water partition coefficient (Wildman–Crippen LogP) is 0.809. The Bertz CT molecular complexity index is 573. The van der Waals surface area contributed by atoms with Crippen LogP contribution in [0.25, 0.3) is 0 Å². The molecule has 1 aromatic carbocycles. The van der Waals surface area contributed by atoms with Gasteiger partial charge < -0.3 is 15.7 Å². The zero-order valence-corrected chi connectivity index (χ0v) is 11.6. The third-order valence-electron chi connectivity index (χ3n) is 3.38. The van der Waals surface area contributed by atoms with E-state index in [2.05, 4.69) is 10.6 Å². The summed E-state index contributed by atoms with van der Waals surface area (Å²) in [5.74, 6) is -1.32. The highest BCUT2D eigenvalue weighted by Gasteiger charge is 2.26. The van der Waals surface area contributed by atoms with Crippen LogP contribution in [0.2, 0.25) is 0 Å². The third kappa shape index (κ3) is 3.31. The Balaban J connectivity index is 2.12. The van der Waals surface area contributed by atoms with Crippen LogP contribution in [-0.2, 0) is 4.79 Å². The van der Waals surface area contributed by atoms with Crippen molar-refractivity contribution in [3.63, 3.8) is 0 Å². The van der Waals surface area contributed by atoms with Crippen molar-refractivity contribution in [1.29, 1.82) is 0 Å². The molecule has 1 unspecified atom stereocenters. The van der Waals surface area contributed by atoms with E-state index in [1.165, 1.54) is 18.0 Å². The lowest BCUT2D eigenvalue weighted by atomic mass is 10.1. The summed E-state index contributed by atoms with van der Waals surface area (Å²) in [6.45, 7) is 0.614. The monoisotopic (exact) mass is 291 g/mol. The number of carboxylic acid groups (broad SMARTS) is 1. The molecule has 0 saturated carbocycles. The van der Waals surface area contributed by atoms with E-state index in [9.17, 15) is 14.4 Å². The molecule has 7 nitrogen and oxygen atoms in total. The molecule has 21 heavy (non-hydrogen) atoms. The van der Waals surface area contributed by atoms with Gasteiger partial charge in [0.2, 0.25) is 5.91 Å². The summed E-state index contributed by atoms with van der Waals surface area (Å²) >= 11 is 0. The molecule has 3 N–H and O–H groups in total. The first-order chi connectivity index (χ1) is 10.0. The molecule has 3 amide bonds. The number of para-hydroxylation sites is 1. The summed E-state index contributed by atoms with van der Waals surface area (Å²) in [6.07, 6.45) is 1.37. The van der Waals surface area contributed by atoms with Crippen molar-refractivity contribution in [3.05, 3.63) is 29.8 Å². The van der Waals surface area contributed by atoms with E-state index in [1.54, 1.807) is 18.2 Å². The first kappa shape index (κ1) is 14.8. The second kappa shape index (κ2) is 6.25. The van der Waals surface area contributed by atoms with Gasteiger partial charge in [0.05, 0.1) is 11.3 Å². The van der Waals surface area contributed by atoms with Crippen LogP contribution in [0.5, 0.6) is 0 Å². The van der Waals surface area contributed by atoms with Crippen molar-refractivity contribution in [2.45, 2.75) is 18.9 Å². The molecule has 1 aliphatic rings. The quantitative estimate of drug-likeness (QED) is 0.767. The Morgan fingerprint density at radius 2 is 2.10 bits per heavy atom. The normalized spacial score (nSPS) is 17.8. The van der Waals surface area contributed by atoms with Crippen molar-refractivity contribution in [2.24, 2.45) is 0 Å². The fourth-order valence-corrected chi connectivity index (χ4v) is 2.21. The van der Waals surface area contributed by atoms with Crippen LogP contribution < -0.4 is 15.5 Å². The number of urea groups is 1. The Hall–Kier alpha value is -2.57. The Morgan fingerprint density at radius 1 is 1.38 bits per heavy atom. The van der Waals surface area contributed by atoms with Crippen LogP contribution in [0.3, 0.4) is 0 Å². The number of hydrogen-bond donors (Lipinski definition) is 3. The summed E-state index contributed by atoms with van der Waals surface area (Å²) in [4.78, 5) is 36.2. The molecule has 1 aromatic rings. The largest absolute Gasteiger partial charge is 0.478 e. The van der Waals surface area contributed by atoms with Gasteiger partial charge in [-0.3, -0.25) is 9.69 Å². The SMILES string of the molecule is CN(C(=O)NC1CCCNC1=O)c1ccccc1C(=O)O. The lowest BCUT2D eigenvalue weighted by Gasteiger charge is -2.26. The molecular formula is C14H17N3O4. The Labute approximate surface area is 121 Å². The van der Waals surface area contributed by atoms with Crippen LogP contribution >= 0.6 is 0 Å².